The molecule has 2 saturated heterocycles. The first-order chi connectivity index (χ1) is 12.3. The highest BCUT2D eigenvalue weighted by Gasteiger charge is 2.40. The van der Waals surface area contributed by atoms with E-state index in [4.69, 9.17) is 9.72 Å². The molecule has 0 atom stereocenters. The zero-order valence-corrected chi connectivity index (χ0v) is 16.5. The Morgan fingerprint density at radius 2 is 1.69 bits per heavy atom. The molecule has 0 amide bonds. The van der Waals surface area contributed by atoms with Gasteiger partial charge in [-0.25, -0.2) is 4.98 Å². The smallest absolute Gasteiger partial charge is 0.203 e. The third-order valence-electron chi connectivity index (χ3n) is 5.67. The van der Waals surface area contributed by atoms with Gasteiger partial charge in [0.2, 0.25) is 5.95 Å². The lowest BCUT2D eigenvalue weighted by atomic mass is 9.84. The van der Waals surface area contributed by atoms with Crippen molar-refractivity contribution in [1.82, 2.24) is 15.3 Å². The van der Waals surface area contributed by atoms with E-state index in [1.165, 1.54) is 0 Å². The van der Waals surface area contributed by atoms with Gasteiger partial charge in [0, 0.05) is 25.2 Å². The number of aromatic nitrogens is 2. The lowest BCUT2D eigenvalue weighted by Crippen LogP contribution is -2.55. The molecule has 1 aromatic carbocycles. The number of hydrogen-bond acceptors (Lipinski definition) is 4. The number of nitrogens with zero attached hydrogens (tertiary/aromatic N) is 2. The zero-order chi connectivity index (χ0) is 18.4. The molecule has 2 aliphatic heterocycles. The van der Waals surface area contributed by atoms with Gasteiger partial charge in [0.1, 0.15) is 0 Å². The van der Waals surface area contributed by atoms with Gasteiger partial charge in [-0.05, 0) is 65.5 Å². The van der Waals surface area contributed by atoms with Crippen molar-refractivity contribution >= 4 is 17.0 Å². The first-order valence-corrected chi connectivity index (χ1v) is 9.96. The molecule has 26 heavy (non-hydrogen) atoms. The number of aromatic amines is 1. The molecule has 0 spiro atoms. The molecule has 0 aliphatic carbocycles. The minimum Gasteiger partial charge on any atom is -0.370 e. The third-order valence-corrected chi connectivity index (χ3v) is 5.67. The number of para-hydroxylation sites is 2. The summed E-state index contributed by atoms with van der Waals surface area (Å²) in [6.07, 6.45) is 4.49. The highest BCUT2D eigenvalue weighted by atomic mass is 16.5. The number of fused-ring (bicyclic) bond motifs is 1. The Morgan fingerprint density at radius 1 is 1.04 bits per heavy atom. The monoisotopic (exact) mass is 356 g/mol. The van der Waals surface area contributed by atoms with Crippen LogP contribution in [0.5, 0.6) is 0 Å². The number of rotatable bonds is 3. The van der Waals surface area contributed by atoms with E-state index >= 15 is 0 Å². The maximum absolute atomic E-state index is 6.22. The number of anilines is 1. The largest absolute Gasteiger partial charge is 0.370 e. The standard InChI is InChI=1S/C21H32N4O/c1-20(2)13-16(14-21(3,4)26-20)22-15-9-11-25(12-10-15)19-23-17-7-5-6-8-18(17)24-19/h5-8,15-16,22H,9-14H2,1-4H3,(H,23,24). The van der Waals surface area contributed by atoms with Gasteiger partial charge >= 0.3 is 0 Å². The lowest BCUT2D eigenvalue weighted by molar-refractivity contribution is -0.165. The molecule has 142 valence electrons. The van der Waals surface area contributed by atoms with Gasteiger partial charge in [0.15, 0.2) is 0 Å². The second kappa shape index (κ2) is 6.54. The van der Waals surface area contributed by atoms with E-state index in [-0.39, 0.29) is 11.2 Å². The van der Waals surface area contributed by atoms with Gasteiger partial charge in [-0.3, -0.25) is 0 Å². The summed E-state index contributed by atoms with van der Waals surface area (Å²) in [5, 5.41) is 3.93. The molecule has 5 heteroatoms. The molecule has 2 aliphatic rings. The average Bonchev–Trinajstić information content (AvgIpc) is 2.96. The molecule has 2 N–H and O–H groups in total. The Bertz CT molecular complexity index is 709. The minimum atomic E-state index is -0.0472. The molecule has 0 bridgehead atoms. The molecular formula is C21H32N4O. The van der Waals surface area contributed by atoms with Crippen LogP contribution >= 0.6 is 0 Å². The summed E-state index contributed by atoms with van der Waals surface area (Å²) in [5.41, 5.74) is 2.08. The van der Waals surface area contributed by atoms with Crippen LogP contribution in [0.1, 0.15) is 53.4 Å². The Hall–Kier alpha value is -1.59. The van der Waals surface area contributed by atoms with E-state index in [0.717, 1.165) is 55.8 Å². The van der Waals surface area contributed by atoms with Gasteiger partial charge in [-0.15, -0.1) is 0 Å². The van der Waals surface area contributed by atoms with Crippen molar-refractivity contribution in [3.8, 4) is 0 Å². The van der Waals surface area contributed by atoms with Gasteiger partial charge in [-0.2, -0.15) is 0 Å². The van der Waals surface area contributed by atoms with Gasteiger partial charge < -0.3 is 19.9 Å². The first kappa shape index (κ1) is 17.8. The highest BCUT2D eigenvalue weighted by Crippen LogP contribution is 2.35. The number of imidazole rings is 1. The predicted molar refractivity (Wildman–Crippen MR) is 107 cm³/mol. The SMILES string of the molecule is CC1(C)CC(NC2CCN(c3nc4ccccc4[nH]3)CC2)CC(C)(C)O1. The summed E-state index contributed by atoms with van der Waals surface area (Å²) >= 11 is 0. The van der Waals surface area contributed by atoms with Crippen LogP contribution in [0.2, 0.25) is 0 Å². The highest BCUT2D eigenvalue weighted by molar-refractivity contribution is 5.77. The molecule has 5 nitrogen and oxygen atoms in total. The fourth-order valence-electron chi connectivity index (χ4n) is 4.89. The second-order valence-corrected chi connectivity index (χ2v) is 9.23. The van der Waals surface area contributed by atoms with Crippen LogP contribution in [0.15, 0.2) is 24.3 Å². The van der Waals surface area contributed by atoms with Crippen molar-refractivity contribution in [2.24, 2.45) is 0 Å². The number of hydrogen-bond donors (Lipinski definition) is 2. The molecule has 4 rings (SSSR count). The molecule has 2 fully saturated rings. The summed E-state index contributed by atoms with van der Waals surface area (Å²) < 4.78 is 6.22. The quantitative estimate of drug-likeness (QED) is 0.877. The molecule has 3 heterocycles. The van der Waals surface area contributed by atoms with E-state index < -0.39 is 0 Å². The summed E-state index contributed by atoms with van der Waals surface area (Å²) in [5.74, 6) is 1.01. The maximum Gasteiger partial charge on any atom is 0.203 e. The number of H-pyrrole nitrogens is 1. The van der Waals surface area contributed by atoms with Crippen LogP contribution in [0.25, 0.3) is 11.0 Å². The first-order valence-electron chi connectivity index (χ1n) is 9.96. The molecule has 1 aromatic heterocycles. The topological polar surface area (TPSA) is 53.2 Å². The Morgan fingerprint density at radius 3 is 2.35 bits per heavy atom. The fourth-order valence-corrected chi connectivity index (χ4v) is 4.89. The van der Waals surface area contributed by atoms with Gasteiger partial charge in [0.25, 0.3) is 0 Å². The van der Waals surface area contributed by atoms with Crippen molar-refractivity contribution in [2.45, 2.75) is 76.7 Å². The van der Waals surface area contributed by atoms with E-state index in [2.05, 4.69) is 61.1 Å². The van der Waals surface area contributed by atoms with Gasteiger partial charge in [0.05, 0.1) is 22.2 Å². The van der Waals surface area contributed by atoms with Crippen LogP contribution in [-0.2, 0) is 4.74 Å². The van der Waals surface area contributed by atoms with Crippen LogP contribution in [-0.4, -0.2) is 46.3 Å². The van der Waals surface area contributed by atoms with Crippen molar-refractivity contribution in [3.63, 3.8) is 0 Å². The zero-order valence-electron chi connectivity index (χ0n) is 16.5. The summed E-state index contributed by atoms with van der Waals surface area (Å²) in [6.45, 7) is 11.0. The summed E-state index contributed by atoms with van der Waals surface area (Å²) in [6, 6.07) is 9.38. The molecular weight excluding hydrogens is 324 g/mol. The van der Waals surface area contributed by atoms with Crippen molar-refractivity contribution < 1.29 is 4.74 Å². The number of benzene rings is 1. The van der Waals surface area contributed by atoms with Crippen LogP contribution in [0.4, 0.5) is 5.95 Å². The van der Waals surface area contributed by atoms with Crippen LogP contribution in [0, 0.1) is 0 Å². The molecule has 0 radical (unpaired) electrons. The number of ether oxygens (including phenoxy) is 1. The predicted octanol–water partition coefficient (Wildman–Crippen LogP) is 3.86. The lowest BCUT2D eigenvalue weighted by Gasteiger charge is -2.47. The van der Waals surface area contributed by atoms with Crippen molar-refractivity contribution in [1.29, 1.82) is 0 Å². The van der Waals surface area contributed by atoms with E-state index in [9.17, 15) is 0 Å². The van der Waals surface area contributed by atoms with E-state index in [1.807, 2.05) is 6.07 Å². The van der Waals surface area contributed by atoms with Crippen LogP contribution < -0.4 is 10.2 Å². The molecule has 0 saturated carbocycles. The van der Waals surface area contributed by atoms with Crippen molar-refractivity contribution in [2.75, 3.05) is 18.0 Å². The maximum atomic E-state index is 6.22. The summed E-state index contributed by atoms with van der Waals surface area (Å²) in [7, 11) is 0. The van der Waals surface area contributed by atoms with Crippen molar-refractivity contribution in [3.05, 3.63) is 24.3 Å². The Kier molecular flexibility index (Phi) is 4.48. The Labute approximate surface area is 156 Å². The second-order valence-electron chi connectivity index (χ2n) is 9.23. The Balaban J connectivity index is 1.35. The number of nitrogens with one attached hydrogen (secondary N) is 2. The van der Waals surface area contributed by atoms with Crippen LogP contribution in [0.3, 0.4) is 0 Å². The normalized spacial score (nSPS) is 24.2. The minimum absolute atomic E-state index is 0.0472. The summed E-state index contributed by atoms with van der Waals surface area (Å²) in [4.78, 5) is 10.6. The fraction of sp³-hybridized carbons (Fsp3) is 0.667. The average molecular weight is 357 g/mol. The molecule has 2 aromatic rings. The van der Waals surface area contributed by atoms with E-state index in [0.29, 0.717) is 12.1 Å². The third kappa shape index (κ3) is 3.89. The van der Waals surface area contributed by atoms with Gasteiger partial charge in [-0.1, -0.05) is 12.1 Å². The van der Waals surface area contributed by atoms with E-state index in [1.54, 1.807) is 0 Å². The molecule has 0 unspecified atom stereocenters. The number of piperidine rings is 1.